The van der Waals surface area contributed by atoms with Gasteiger partial charge in [-0.1, -0.05) is 57.2 Å². The van der Waals surface area contributed by atoms with Crippen LogP contribution < -0.4 is 5.30 Å². The maximum absolute atomic E-state index is 13.0. The SMILES string of the molecule is C=CCP(=O)(c1ccccc1)C(C)(C)C. The number of rotatable bonds is 3. The fourth-order valence-corrected chi connectivity index (χ4v) is 4.17. The lowest BCUT2D eigenvalue weighted by atomic mass is 10.3. The molecule has 1 rings (SSSR count). The second-order valence-corrected chi connectivity index (χ2v) is 8.42. The third-order valence-corrected chi connectivity index (χ3v) is 6.72. The Balaban J connectivity index is 3.26. The summed E-state index contributed by atoms with van der Waals surface area (Å²) >= 11 is 0. The molecule has 82 valence electrons. The summed E-state index contributed by atoms with van der Waals surface area (Å²) in [6.07, 6.45) is 2.33. The summed E-state index contributed by atoms with van der Waals surface area (Å²) in [4.78, 5) is 0. The summed E-state index contributed by atoms with van der Waals surface area (Å²) in [6.45, 7) is 9.81. The van der Waals surface area contributed by atoms with E-state index < -0.39 is 7.14 Å². The Bertz CT molecular complexity index is 373. The van der Waals surface area contributed by atoms with Gasteiger partial charge in [-0.2, -0.15) is 0 Å². The molecular formula is C13H19OP. The normalized spacial score (nSPS) is 15.7. The van der Waals surface area contributed by atoms with Gasteiger partial charge in [0.25, 0.3) is 0 Å². The van der Waals surface area contributed by atoms with Gasteiger partial charge in [0.05, 0.1) is 0 Å². The van der Waals surface area contributed by atoms with Gasteiger partial charge in [-0.3, -0.25) is 0 Å². The van der Waals surface area contributed by atoms with Gasteiger partial charge in [0.15, 0.2) is 0 Å². The molecule has 15 heavy (non-hydrogen) atoms. The van der Waals surface area contributed by atoms with Crippen molar-refractivity contribution in [1.29, 1.82) is 0 Å². The van der Waals surface area contributed by atoms with Crippen LogP contribution in [-0.4, -0.2) is 11.3 Å². The van der Waals surface area contributed by atoms with Crippen LogP contribution in [0.25, 0.3) is 0 Å². The average molecular weight is 222 g/mol. The smallest absolute Gasteiger partial charge is 0.124 e. The summed E-state index contributed by atoms with van der Waals surface area (Å²) in [5, 5.41) is 0.750. The average Bonchev–Trinajstić information content (AvgIpc) is 2.18. The monoisotopic (exact) mass is 222 g/mol. The molecule has 0 spiro atoms. The zero-order valence-electron chi connectivity index (χ0n) is 9.73. The number of allylic oxidation sites excluding steroid dienone is 1. The molecule has 0 saturated heterocycles. The second-order valence-electron chi connectivity index (χ2n) is 4.72. The molecule has 0 aliphatic heterocycles. The van der Waals surface area contributed by atoms with E-state index in [-0.39, 0.29) is 5.16 Å². The van der Waals surface area contributed by atoms with E-state index >= 15 is 0 Å². The van der Waals surface area contributed by atoms with E-state index in [1.54, 1.807) is 6.08 Å². The molecule has 0 amide bonds. The first-order valence-corrected chi connectivity index (χ1v) is 7.07. The fourth-order valence-electron chi connectivity index (χ4n) is 1.62. The second kappa shape index (κ2) is 4.37. The van der Waals surface area contributed by atoms with E-state index in [4.69, 9.17) is 0 Å². The van der Waals surface area contributed by atoms with Crippen LogP contribution in [0.3, 0.4) is 0 Å². The highest BCUT2D eigenvalue weighted by Crippen LogP contribution is 2.56. The van der Waals surface area contributed by atoms with Gasteiger partial charge in [0.1, 0.15) is 7.14 Å². The van der Waals surface area contributed by atoms with Crippen LogP contribution in [0.15, 0.2) is 43.0 Å². The molecule has 2 heteroatoms. The maximum atomic E-state index is 13.0. The van der Waals surface area contributed by atoms with Gasteiger partial charge in [-0.25, -0.2) is 0 Å². The van der Waals surface area contributed by atoms with E-state index in [2.05, 4.69) is 6.58 Å². The van der Waals surface area contributed by atoms with Gasteiger partial charge in [0.2, 0.25) is 0 Å². The van der Waals surface area contributed by atoms with Crippen molar-refractivity contribution in [3.63, 3.8) is 0 Å². The highest BCUT2D eigenvalue weighted by Gasteiger charge is 2.36. The molecule has 0 aliphatic rings. The van der Waals surface area contributed by atoms with Gasteiger partial charge in [-0.15, -0.1) is 6.58 Å². The fraction of sp³-hybridized carbons (Fsp3) is 0.385. The van der Waals surface area contributed by atoms with Crippen molar-refractivity contribution in [2.24, 2.45) is 0 Å². The minimum atomic E-state index is -2.37. The first-order chi connectivity index (χ1) is 6.92. The highest BCUT2D eigenvalue weighted by molar-refractivity contribution is 7.73. The van der Waals surface area contributed by atoms with Crippen LogP contribution in [0.4, 0.5) is 0 Å². The molecule has 0 saturated carbocycles. The largest absolute Gasteiger partial charge is 0.318 e. The summed E-state index contributed by atoms with van der Waals surface area (Å²) in [6, 6.07) is 9.74. The van der Waals surface area contributed by atoms with Gasteiger partial charge in [-0.05, 0) is 0 Å². The molecule has 1 nitrogen and oxygen atoms in total. The number of hydrogen-bond acceptors (Lipinski definition) is 1. The van der Waals surface area contributed by atoms with E-state index in [1.807, 2.05) is 51.1 Å². The van der Waals surface area contributed by atoms with Crippen molar-refractivity contribution >= 4 is 12.4 Å². The molecule has 0 radical (unpaired) electrons. The van der Waals surface area contributed by atoms with Crippen molar-refractivity contribution in [2.45, 2.75) is 25.9 Å². The molecule has 1 aromatic rings. The standard InChI is InChI=1S/C13H19OP/c1-5-11-15(14,13(2,3)4)12-9-7-6-8-10-12/h5-10H,1,11H2,2-4H3. The zero-order chi connectivity index (χ0) is 11.5. The first-order valence-electron chi connectivity index (χ1n) is 5.17. The topological polar surface area (TPSA) is 17.1 Å². The lowest BCUT2D eigenvalue weighted by Crippen LogP contribution is -2.24. The summed E-state index contributed by atoms with van der Waals surface area (Å²) in [7, 11) is -2.37. The third kappa shape index (κ3) is 2.41. The molecule has 1 aromatic carbocycles. The van der Waals surface area contributed by atoms with E-state index in [1.165, 1.54) is 0 Å². The number of benzene rings is 1. The maximum Gasteiger partial charge on any atom is 0.124 e. The minimum Gasteiger partial charge on any atom is -0.318 e. The van der Waals surface area contributed by atoms with Crippen molar-refractivity contribution in [3.05, 3.63) is 43.0 Å². The van der Waals surface area contributed by atoms with Gasteiger partial charge >= 0.3 is 0 Å². The van der Waals surface area contributed by atoms with E-state index in [0.717, 1.165) is 5.30 Å². The molecule has 0 aliphatic carbocycles. The Morgan fingerprint density at radius 1 is 1.27 bits per heavy atom. The summed E-state index contributed by atoms with van der Waals surface area (Å²) < 4.78 is 13.0. The highest BCUT2D eigenvalue weighted by atomic mass is 31.2. The Labute approximate surface area is 92.6 Å². The molecular weight excluding hydrogens is 203 g/mol. The van der Waals surface area contributed by atoms with Gasteiger partial charge < -0.3 is 4.57 Å². The molecule has 0 N–H and O–H groups in total. The van der Waals surface area contributed by atoms with Gasteiger partial charge in [0, 0.05) is 16.6 Å². The molecule has 0 heterocycles. The van der Waals surface area contributed by atoms with Crippen molar-refractivity contribution in [3.8, 4) is 0 Å². The zero-order valence-corrected chi connectivity index (χ0v) is 10.6. The Morgan fingerprint density at radius 3 is 2.20 bits per heavy atom. The van der Waals surface area contributed by atoms with Crippen LogP contribution in [0.5, 0.6) is 0 Å². The van der Waals surface area contributed by atoms with Crippen LogP contribution >= 0.6 is 7.14 Å². The predicted molar refractivity (Wildman–Crippen MR) is 68.5 cm³/mol. The Kier molecular flexibility index (Phi) is 3.57. The molecule has 0 fully saturated rings. The van der Waals surface area contributed by atoms with Crippen molar-refractivity contribution in [2.75, 3.05) is 6.16 Å². The predicted octanol–water partition coefficient (Wildman–Crippen LogP) is 3.66. The van der Waals surface area contributed by atoms with E-state index in [9.17, 15) is 4.57 Å². The molecule has 0 bridgehead atoms. The summed E-state index contributed by atoms with van der Waals surface area (Å²) in [5.74, 6) is 0. The number of hydrogen-bond donors (Lipinski definition) is 0. The van der Waals surface area contributed by atoms with E-state index in [0.29, 0.717) is 6.16 Å². The van der Waals surface area contributed by atoms with Crippen LogP contribution in [0.1, 0.15) is 20.8 Å². The Morgan fingerprint density at radius 2 is 1.80 bits per heavy atom. The van der Waals surface area contributed by atoms with Crippen molar-refractivity contribution in [1.82, 2.24) is 0 Å². The lowest BCUT2D eigenvalue weighted by molar-refractivity contribution is 0.558. The van der Waals surface area contributed by atoms with Crippen LogP contribution in [0.2, 0.25) is 0 Å². The molecule has 1 unspecified atom stereocenters. The lowest BCUT2D eigenvalue weighted by Gasteiger charge is -2.30. The summed E-state index contributed by atoms with van der Waals surface area (Å²) in [5.41, 5.74) is 0. The molecule has 1 atom stereocenters. The quantitative estimate of drug-likeness (QED) is 0.563. The minimum absolute atomic E-state index is 0.206. The third-order valence-electron chi connectivity index (χ3n) is 2.64. The van der Waals surface area contributed by atoms with Crippen LogP contribution in [-0.2, 0) is 4.57 Å². The van der Waals surface area contributed by atoms with Crippen molar-refractivity contribution < 1.29 is 4.57 Å². The van der Waals surface area contributed by atoms with Crippen LogP contribution in [0, 0.1) is 0 Å². The molecule has 0 aromatic heterocycles. The Hall–Kier alpha value is -0.810. The first kappa shape index (κ1) is 12.3.